The van der Waals surface area contributed by atoms with Crippen molar-refractivity contribution in [1.82, 2.24) is 20.3 Å². The Kier molecular flexibility index (Phi) is 6.97. The molecule has 0 fully saturated rings. The van der Waals surface area contributed by atoms with E-state index in [2.05, 4.69) is 24.6 Å². The predicted octanol–water partition coefficient (Wildman–Crippen LogP) is 4.28. The van der Waals surface area contributed by atoms with E-state index in [0.717, 1.165) is 6.07 Å². The van der Waals surface area contributed by atoms with Crippen molar-refractivity contribution in [3.05, 3.63) is 71.3 Å². The molecular formula is C22H19F3N6O2S. The van der Waals surface area contributed by atoms with Crippen LogP contribution in [0.1, 0.15) is 40.1 Å². The molecule has 0 saturated heterocycles. The van der Waals surface area contributed by atoms with Crippen molar-refractivity contribution in [2.75, 3.05) is 12.5 Å². The number of halogens is 3. The van der Waals surface area contributed by atoms with E-state index in [4.69, 9.17) is 5.26 Å². The van der Waals surface area contributed by atoms with E-state index in [1.54, 1.807) is 25.1 Å². The zero-order chi connectivity index (χ0) is 25.1. The first-order chi connectivity index (χ1) is 15.9. The lowest BCUT2D eigenvalue weighted by Gasteiger charge is -2.17. The molecule has 0 aliphatic rings. The van der Waals surface area contributed by atoms with Gasteiger partial charge in [-0.3, -0.25) is 19.7 Å². The Labute approximate surface area is 194 Å². The molecule has 2 heterocycles. The molecule has 0 saturated carbocycles. The maximum atomic E-state index is 13.1. The number of nitrogens with one attached hydrogen (secondary N) is 1. The minimum atomic E-state index is -4.71. The molecule has 3 rings (SSSR count). The second-order valence-electron chi connectivity index (χ2n) is 7.57. The van der Waals surface area contributed by atoms with Gasteiger partial charge in [0.15, 0.2) is 0 Å². The van der Waals surface area contributed by atoms with E-state index in [1.807, 2.05) is 0 Å². The normalized spacial score (nSPS) is 12.5. The summed E-state index contributed by atoms with van der Waals surface area (Å²) >= 11 is 0. The van der Waals surface area contributed by atoms with Gasteiger partial charge in [-0.15, -0.1) is 0 Å². The molecule has 0 aliphatic carbocycles. The molecule has 0 bridgehead atoms. The zero-order valence-corrected chi connectivity index (χ0v) is 19.1. The van der Waals surface area contributed by atoms with Crippen molar-refractivity contribution in [3.63, 3.8) is 0 Å². The van der Waals surface area contributed by atoms with Gasteiger partial charge in [0.05, 0.1) is 46.5 Å². The Hall–Kier alpha value is -3.85. The Morgan fingerprint density at radius 1 is 1.15 bits per heavy atom. The molecule has 2 aromatic heterocycles. The molecule has 176 valence electrons. The van der Waals surface area contributed by atoms with Crippen LogP contribution in [0, 0.1) is 11.3 Å². The zero-order valence-electron chi connectivity index (χ0n) is 18.3. The molecule has 8 nitrogen and oxygen atoms in total. The van der Waals surface area contributed by atoms with E-state index in [-0.39, 0.29) is 11.1 Å². The van der Waals surface area contributed by atoms with Crippen LogP contribution in [0.3, 0.4) is 0 Å². The molecule has 1 aromatic carbocycles. The van der Waals surface area contributed by atoms with Gasteiger partial charge in [0.2, 0.25) is 0 Å². The minimum absolute atomic E-state index is 0.286. The summed E-state index contributed by atoms with van der Waals surface area (Å²) in [5.74, 6) is -0.811. The maximum absolute atomic E-state index is 13.1. The van der Waals surface area contributed by atoms with Gasteiger partial charge in [-0.2, -0.15) is 22.8 Å². The molecule has 12 heteroatoms. The number of nitrogens with zero attached hydrogens (tertiary/aromatic N) is 5. The average molecular weight is 488 g/mol. The largest absolute Gasteiger partial charge is 0.416 e. The fourth-order valence-electron chi connectivity index (χ4n) is 3.03. The topological polar surface area (TPSA) is 121 Å². The van der Waals surface area contributed by atoms with E-state index in [1.165, 1.54) is 31.1 Å². The molecule has 0 aliphatic heterocycles. The van der Waals surface area contributed by atoms with Crippen molar-refractivity contribution in [3.8, 4) is 17.5 Å². The first-order valence-corrected chi connectivity index (χ1v) is 12.1. The monoisotopic (exact) mass is 488 g/mol. The summed E-state index contributed by atoms with van der Waals surface area (Å²) in [6.07, 6.45) is 2.55. The molecule has 0 spiro atoms. The van der Waals surface area contributed by atoms with Crippen molar-refractivity contribution in [2.45, 2.75) is 19.1 Å². The van der Waals surface area contributed by atoms with Gasteiger partial charge in [0, 0.05) is 40.2 Å². The lowest BCUT2D eigenvalue weighted by atomic mass is 10.0. The fourth-order valence-corrected chi connectivity index (χ4v) is 3.65. The summed E-state index contributed by atoms with van der Waals surface area (Å²) in [4.78, 5) is 25.5. The van der Waals surface area contributed by atoms with E-state index in [9.17, 15) is 22.2 Å². The Balaban J connectivity index is 1.90. The number of pyridine rings is 1. The van der Waals surface area contributed by atoms with Crippen molar-refractivity contribution in [2.24, 2.45) is 4.36 Å². The third-order valence-corrected chi connectivity index (χ3v) is 5.10. The summed E-state index contributed by atoms with van der Waals surface area (Å²) in [6, 6.07) is 6.54. The van der Waals surface area contributed by atoms with Crippen LogP contribution in [0.4, 0.5) is 18.9 Å². The van der Waals surface area contributed by atoms with Gasteiger partial charge in [0.25, 0.3) is 5.91 Å². The van der Waals surface area contributed by atoms with Crippen molar-refractivity contribution in [1.29, 1.82) is 5.26 Å². The van der Waals surface area contributed by atoms with Gasteiger partial charge in [-0.05, 0) is 37.3 Å². The molecule has 1 N–H and O–H groups in total. The SMILES string of the molecule is C[C@H](NC(=O)c1cc(C#N)cc(C(F)(F)F)c1)c1nccnc1-c1ccc(N=S(C)(C)=O)cn1. The molecule has 34 heavy (non-hydrogen) atoms. The molecule has 3 aromatic rings. The number of hydrogen-bond donors (Lipinski definition) is 1. The molecule has 1 amide bonds. The Morgan fingerprint density at radius 2 is 1.85 bits per heavy atom. The number of nitriles is 1. The third kappa shape index (κ3) is 6.14. The summed E-state index contributed by atoms with van der Waals surface area (Å²) in [6.45, 7) is 1.59. The first-order valence-electron chi connectivity index (χ1n) is 9.75. The number of carbonyl (C=O) groups excluding carboxylic acids is 1. The Bertz CT molecular complexity index is 1380. The maximum Gasteiger partial charge on any atom is 0.416 e. The van der Waals surface area contributed by atoms with Crippen LogP contribution in [-0.4, -0.2) is 37.6 Å². The average Bonchev–Trinajstić information content (AvgIpc) is 2.77. The van der Waals surface area contributed by atoms with Crippen LogP contribution in [0.15, 0.2) is 53.3 Å². The number of amides is 1. The highest BCUT2D eigenvalue weighted by Gasteiger charge is 2.32. The van der Waals surface area contributed by atoms with Gasteiger partial charge >= 0.3 is 6.18 Å². The second-order valence-corrected chi connectivity index (χ2v) is 10.1. The van der Waals surface area contributed by atoms with Crippen LogP contribution in [0.2, 0.25) is 0 Å². The first kappa shape index (κ1) is 24.8. The standard InChI is InChI=1S/C22H19F3N6O2S/c1-13(30-21(32)15-8-14(11-26)9-16(10-15)22(23,24)25)19-20(28-7-6-27-19)18-5-4-17(12-29-18)31-34(2,3)33/h4-10,12-13H,1-3H3,(H,30,32)/t13-/m0/s1. The number of rotatable bonds is 5. The number of aromatic nitrogens is 3. The van der Waals surface area contributed by atoms with Gasteiger partial charge < -0.3 is 5.32 Å². The number of benzene rings is 1. The minimum Gasteiger partial charge on any atom is -0.344 e. The fraction of sp³-hybridized carbons (Fsp3) is 0.227. The second kappa shape index (κ2) is 9.56. The van der Waals surface area contributed by atoms with Crippen LogP contribution in [-0.2, 0) is 15.9 Å². The molecule has 0 radical (unpaired) electrons. The third-order valence-electron chi connectivity index (χ3n) is 4.45. The van der Waals surface area contributed by atoms with Crippen molar-refractivity contribution < 1.29 is 22.2 Å². The Morgan fingerprint density at radius 3 is 2.44 bits per heavy atom. The number of alkyl halides is 3. The van der Waals surface area contributed by atoms with Crippen LogP contribution in [0.5, 0.6) is 0 Å². The summed E-state index contributed by atoms with van der Waals surface area (Å²) in [5, 5.41) is 11.6. The summed E-state index contributed by atoms with van der Waals surface area (Å²) in [7, 11) is -2.36. The lowest BCUT2D eigenvalue weighted by molar-refractivity contribution is -0.137. The van der Waals surface area contributed by atoms with Crippen LogP contribution >= 0.6 is 0 Å². The summed E-state index contributed by atoms with van der Waals surface area (Å²) < 4.78 is 55.4. The highest BCUT2D eigenvalue weighted by molar-refractivity contribution is 7.92. The molecular weight excluding hydrogens is 469 g/mol. The predicted molar refractivity (Wildman–Crippen MR) is 119 cm³/mol. The van der Waals surface area contributed by atoms with Crippen LogP contribution in [0.25, 0.3) is 11.4 Å². The smallest absolute Gasteiger partial charge is 0.344 e. The lowest BCUT2D eigenvalue weighted by Crippen LogP contribution is -2.28. The summed E-state index contributed by atoms with van der Waals surface area (Å²) in [5.41, 5.74) is -0.188. The molecule has 0 unspecified atom stereocenters. The van der Waals surface area contributed by atoms with Crippen LogP contribution < -0.4 is 5.32 Å². The quantitative estimate of drug-likeness (QED) is 0.572. The highest BCUT2D eigenvalue weighted by Crippen LogP contribution is 2.31. The number of carbonyl (C=O) groups is 1. The number of hydrogen-bond acceptors (Lipinski definition) is 7. The van der Waals surface area contributed by atoms with Crippen molar-refractivity contribution >= 4 is 21.3 Å². The van der Waals surface area contributed by atoms with Gasteiger partial charge in [-0.1, -0.05) is 0 Å². The van der Waals surface area contributed by atoms with Gasteiger partial charge in [-0.25, -0.2) is 4.21 Å². The van der Waals surface area contributed by atoms with E-state index < -0.39 is 33.4 Å². The highest BCUT2D eigenvalue weighted by atomic mass is 32.2. The van der Waals surface area contributed by atoms with Gasteiger partial charge in [0.1, 0.15) is 5.69 Å². The van der Waals surface area contributed by atoms with E-state index in [0.29, 0.717) is 34.9 Å². The van der Waals surface area contributed by atoms with E-state index >= 15 is 0 Å². The molecule has 1 atom stereocenters.